The van der Waals surface area contributed by atoms with Crippen LogP contribution in [0.15, 0.2) is 83.5 Å². The Morgan fingerprint density at radius 3 is 1.84 bits per heavy atom. The van der Waals surface area contributed by atoms with Gasteiger partial charge in [-0.3, -0.25) is 9.59 Å². The van der Waals surface area contributed by atoms with E-state index in [-0.39, 0.29) is 23.8 Å². The third-order valence-electron chi connectivity index (χ3n) is 7.53. The molecule has 2 unspecified atom stereocenters. The Kier molecular flexibility index (Phi) is 8.82. The zero-order valence-corrected chi connectivity index (χ0v) is 22.0. The Balaban J connectivity index is 1.79. The van der Waals surface area contributed by atoms with Crippen LogP contribution in [-0.4, -0.2) is 11.8 Å². The van der Waals surface area contributed by atoms with Gasteiger partial charge in [0.25, 0.3) is 11.8 Å². The van der Waals surface area contributed by atoms with Crippen molar-refractivity contribution in [3.63, 3.8) is 0 Å². The zero-order valence-electron chi connectivity index (χ0n) is 22.0. The van der Waals surface area contributed by atoms with E-state index in [9.17, 15) is 9.59 Å². The molecule has 2 atom stereocenters. The van der Waals surface area contributed by atoms with Crippen molar-refractivity contribution in [3.8, 4) is 0 Å². The predicted octanol–water partition coefficient (Wildman–Crippen LogP) is 7.04. The number of amides is 2. The summed E-state index contributed by atoms with van der Waals surface area (Å²) < 4.78 is 5.68. The number of hydrogen-bond donors (Lipinski definition) is 1. The summed E-state index contributed by atoms with van der Waals surface area (Å²) in [4.78, 5) is 29.0. The van der Waals surface area contributed by atoms with Crippen molar-refractivity contribution in [3.05, 3.63) is 84.8 Å². The fourth-order valence-electron chi connectivity index (χ4n) is 5.48. The molecule has 1 aromatic heterocycles. The molecule has 0 bridgehead atoms. The van der Waals surface area contributed by atoms with Gasteiger partial charge < -0.3 is 10.2 Å². The predicted molar refractivity (Wildman–Crippen MR) is 148 cm³/mol. The van der Waals surface area contributed by atoms with Crippen LogP contribution in [0.5, 0.6) is 0 Å². The minimum Gasteiger partial charge on any atom is -0.468 e. The number of carbonyl (C=O) groups is 2. The Hall–Kier alpha value is -3.38. The van der Waals surface area contributed by atoms with Crippen molar-refractivity contribution in [2.45, 2.75) is 71.3 Å². The summed E-state index contributed by atoms with van der Waals surface area (Å²) in [6, 6.07) is 22.2. The number of carbonyl (C=O) groups excluding carboxylic acids is 2. The molecule has 0 radical (unpaired) electrons. The summed E-state index contributed by atoms with van der Waals surface area (Å²) in [7, 11) is 0. The van der Waals surface area contributed by atoms with Gasteiger partial charge in [0, 0.05) is 0 Å². The van der Waals surface area contributed by atoms with Crippen molar-refractivity contribution in [1.29, 1.82) is 0 Å². The second-order valence-electron chi connectivity index (χ2n) is 10.1. The summed E-state index contributed by atoms with van der Waals surface area (Å²) in [5.41, 5.74) is 6.94. The second-order valence-corrected chi connectivity index (χ2v) is 10.1. The van der Waals surface area contributed by atoms with Crippen molar-refractivity contribution >= 4 is 23.2 Å². The maximum atomic E-state index is 14.5. The van der Waals surface area contributed by atoms with Crippen LogP contribution < -0.4 is 15.8 Å². The van der Waals surface area contributed by atoms with Crippen LogP contribution >= 0.6 is 0 Å². The van der Waals surface area contributed by atoms with Gasteiger partial charge in [-0.25, -0.2) is 10.0 Å². The molecule has 2 N–H and O–H groups in total. The van der Waals surface area contributed by atoms with E-state index in [1.165, 1.54) is 0 Å². The average Bonchev–Trinajstić information content (AvgIpc) is 3.54. The van der Waals surface area contributed by atoms with Crippen LogP contribution in [0, 0.1) is 11.3 Å². The van der Waals surface area contributed by atoms with Crippen molar-refractivity contribution in [2.75, 3.05) is 10.0 Å². The van der Waals surface area contributed by atoms with E-state index in [0.717, 1.165) is 38.5 Å². The minimum absolute atomic E-state index is 0.0733. The third kappa shape index (κ3) is 5.49. The van der Waals surface area contributed by atoms with Crippen LogP contribution in [0.3, 0.4) is 0 Å². The average molecular weight is 502 g/mol. The lowest BCUT2D eigenvalue weighted by atomic mass is 9.71. The van der Waals surface area contributed by atoms with Gasteiger partial charge in [-0.15, -0.1) is 0 Å². The Labute approximate surface area is 220 Å². The molecular weight excluding hydrogens is 462 g/mol. The number of furan rings is 1. The van der Waals surface area contributed by atoms with E-state index in [0.29, 0.717) is 30.0 Å². The fraction of sp³-hybridized carbons (Fsp3) is 0.419. The van der Waals surface area contributed by atoms with Gasteiger partial charge in [0.2, 0.25) is 0 Å². The zero-order chi connectivity index (χ0) is 26.3. The molecule has 1 fully saturated rings. The molecule has 1 aliphatic heterocycles. The highest BCUT2D eigenvalue weighted by Crippen LogP contribution is 2.48. The Morgan fingerprint density at radius 1 is 0.784 bits per heavy atom. The van der Waals surface area contributed by atoms with Crippen LogP contribution in [0.1, 0.15) is 77.0 Å². The molecular formula is C31H39N3O3. The number of hydrogen-bond acceptors (Lipinski definition) is 4. The Morgan fingerprint density at radius 2 is 1.35 bits per heavy atom. The molecule has 37 heavy (non-hydrogen) atoms. The Bertz CT molecular complexity index is 1070. The molecule has 6 heteroatoms. The normalized spacial score (nSPS) is 16.8. The number of benzene rings is 2. The molecule has 2 aromatic carbocycles. The standard InChI is InChI=1S/C31H39N3O3/c1-3-5-9-15-24(28(32)27-20-14-22-37-27)23-31(21-6-4-2)29(35)33(25-16-10-7-11-17-25)34(30(31)36)26-18-12-8-13-19-26/h7-8,10-14,16-20,22,24,28H,3-6,9,15,21,23,32H2,1-2H3. The number of nitrogens with zero attached hydrogens (tertiary/aromatic N) is 2. The van der Waals surface area contributed by atoms with Gasteiger partial charge in [-0.1, -0.05) is 82.3 Å². The summed E-state index contributed by atoms with van der Waals surface area (Å²) in [6.45, 7) is 4.26. The highest BCUT2D eigenvalue weighted by atomic mass is 16.3. The first-order valence-corrected chi connectivity index (χ1v) is 13.6. The summed E-state index contributed by atoms with van der Waals surface area (Å²) >= 11 is 0. The lowest BCUT2D eigenvalue weighted by Gasteiger charge is -2.31. The monoisotopic (exact) mass is 501 g/mol. The van der Waals surface area contributed by atoms with E-state index < -0.39 is 5.41 Å². The number of rotatable bonds is 13. The molecule has 1 saturated heterocycles. The van der Waals surface area contributed by atoms with Gasteiger partial charge in [0.05, 0.1) is 23.7 Å². The van der Waals surface area contributed by atoms with Gasteiger partial charge >= 0.3 is 0 Å². The molecule has 0 saturated carbocycles. The van der Waals surface area contributed by atoms with Crippen LogP contribution in [0.2, 0.25) is 0 Å². The maximum absolute atomic E-state index is 14.5. The third-order valence-corrected chi connectivity index (χ3v) is 7.53. The number of hydrazine groups is 1. The topological polar surface area (TPSA) is 79.8 Å². The molecule has 6 nitrogen and oxygen atoms in total. The largest absolute Gasteiger partial charge is 0.468 e. The van der Waals surface area contributed by atoms with Gasteiger partial charge in [-0.05, 0) is 61.6 Å². The summed E-state index contributed by atoms with van der Waals surface area (Å²) in [5.74, 6) is 0.280. The van der Waals surface area contributed by atoms with E-state index in [2.05, 4.69) is 13.8 Å². The van der Waals surface area contributed by atoms with Crippen molar-refractivity contribution in [1.82, 2.24) is 0 Å². The van der Waals surface area contributed by atoms with Crippen LogP contribution in [0.25, 0.3) is 0 Å². The minimum atomic E-state index is -1.19. The first-order chi connectivity index (χ1) is 18.0. The molecule has 196 valence electrons. The first-order valence-electron chi connectivity index (χ1n) is 13.6. The number of unbranched alkanes of at least 4 members (excludes halogenated alkanes) is 3. The van der Waals surface area contributed by atoms with E-state index in [4.69, 9.17) is 10.2 Å². The lowest BCUT2D eigenvalue weighted by Crippen LogP contribution is -2.41. The highest BCUT2D eigenvalue weighted by molar-refractivity contribution is 6.26. The van der Waals surface area contributed by atoms with E-state index >= 15 is 0 Å². The molecule has 0 aliphatic carbocycles. The summed E-state index contributed by atoms with van der Waals surface area (Å²) in [6.07, 6.45) is 8.18. The van der Waals surface area contributed by atoms with Crippen molar-refractivity contribution in [2.24, 2.45) is 17.1 Å². The van der Waals surface area contributed by atoms with Crippen LogP contribution in [-0.2, 0) is 9.59 Å². The number of anilines is 2. The van der Waals surface area contributed by atoms with Gasteiger partial charge in [-0.2, -0.15) is 0 Å². The lowest BCUT2D eigenvalue weighted by molar-refractivity contribution is -0.137. The van der Waals surface area contributed by atoms with E-state index in [1.54, 1.807) is 16.3 Å². The van der Waals surface area contributed by atoms with Gasteiger partial charge in [0.1, 0.15) is 11.2 Å². The molecule has 2 heterocycles. The molecule has 4 rings (SSSR count). The van der Waals surface area contributed by atoms with Gasteiger partial charge in [0.15, 0.2) is 0 Å². The van der Waals surface area contributed by atoms with Crippen LogP contribution in [0.4, 0.5) is 11.4 Å². The smallest absolute Gasteiger partial charge is 0.262 e. The number of para-hydroxylation sites is 2. The highest BCUT2D eigenvalue weighted by Gasteiger charge is 2.59. The second kappa shape index (κ2) is 12.2. The summed E-state index contributed by atoms with van der Waals surface area (Å²) in [5, 5.41) is 3.16. The quantitative estimate of drug-likeness (QED) is 0.201. The maximum Gasteiger partial charge on any atom is 0.262 e. The van der Waals surface area contributed by atoms with Crippen molar-refractivity contribution < 1.29 is 14.0 Å². The molecule has 3 aromatic rings. The number of nitrogens with two attached hydrogens (primary N) is 1. The first kappa shape index (κ1) is 26.7. The molecule has 2 amide bonds. The SMILES string of the molecule is CCCCCC(CC1(CCCC)C(=O)N(c2ccccc2)N(c2ccccc2)C1=O)C(N)c1ccco1. The molecule has 1 aliphatic rings. The fourth-order valence-corrected chi connectivity index (χ4v) is 5.48. The molecule has 0 spiro atoms. The van der Waals surface area contributed by atoms with E-state index in [1.807, 2.05) is 72.8 Å².